The molecule has 2 aromatic carbocycles. The van der Waals surface area contributed by atoms with Crippen LogP contribution in [0.3, 0.4) is 0 Å². The second kappa shape index (κ2) is 8.98. The molecule has 5 nitrogen and oxygen atoms in total. The molecule has 0 atom stereocenters. The van der Waals surface area contributed by atoms with E-state index >= 15 is 0 Å². The molecule has 0 aromatic heterocycles. The number of halogens is 2. The van der Waals surface area contributed by atoms with Crippen molar-refractivity contribution in [3.63, 3.8) is 0 Å². The summed E-state index contributed by atoms with van der Waals surface area (Å²) in [6.07, 6.45) is 0. The van der Waals surface area contributed by atoms with Gasteiger partial charge in [0.05, 0.1) is 13.7 Å². The summed E-state index contributed by atoms with van der Waals surface area (Å²) in [5.41, 5.74) is 1.66. The Balaban J connectivity index is 2.09. The lowest BCUT2D eigenvalue weighted by Crippen LogP contribution is -2.12. The van der Waals surface area contributed by atoms with E-state index in [2.05, 4.69) is 10.1 Å². The molecule has 2 aromatic rings. The number of benzene rings is 2. The number of anilines is 1. The Morgan fingerprint density at radius 3 is 2.48 bits per heavy atom. The molecule has 0 radical (unpaired) electrons. The lowest BCUT2D eigenvalue weighted by molar-refractivity contribution is -0.0498. The predicted molar refractivity (Wildman–Crippen MR) is 89.4 cm³/mol. The number of amides is 1. The van der Waals surface area contributed by atoms with E-state index in [9.17, 15) is 13.6 Å². The van der Waals surface area contributed by atoms with Crippen LogP contribution in [0.1, 0.15) is 22.8 Å². The topological polar surface area (TPSA) is 56.8 Å². The normalized spacial score (nSPS) is 10.6. The van der Waals surface area contributed by atoms with Crippen LogP contribution in [0.4, 0.5) is 14.5 Å². The van der Waals surface area contributed by atoms with Crippen molar-refractivity contribution in [2.75, 3.05) is 19.0 Å². The SMILES string of the molecule is CCOCc1cc(C(=O)Nc2ccc(OC(F)F)cc2)ccc1OC. The first-order valence-corrected chi connectivity index (χ1v) is 7.64. The number of hydrogen-bond acceptors (Lipinski definition) is 4. The van der Waals surface area contributed by atoms with Crippen molar-refractivity contribution in [2.24, 2.45) is 0 Å². The van der Waals surface area contributed by atoms with Gasteiger partial charge in [-0.05, 0) is 49.4 Å². The van der Waals surface area contributed by atoms with E-state index in [1.165, 1.54) is 24.3 Å². The lowest BCUT2D eigenvalue weighted by Gasteiger charge is -2.11. The summed E-state index contributed by atoms with van der Waals surface area (Å²) < 4.78 is 39.1. The van der Waals surface area contributed by atoms with Crippen molar-refractivity contribution in [1.29, 1.82) is 0 Å². The van der Waals surface area contributed by atoms with Crippen LogP contribution in [0.2, 0.25) is 0 Å². The number of carbonyl (C=O) groups is 1. The lowest BCUT2D eigenvalue weighted by atomic mass is 10.1. The maximum absolute atomic E-state index is 12.4. The highest BCUT2D eigenvalue weighted by Crippen LogP contribution is 2.22. The molecular weight excluding hydrogens is 332 g/mol. The highest BCUT2D eigenvalue weighted by Gasteiger charge is 2.11. The molecule has 0 fully saturated rings. The van der Waals surface area contributed by atoms with Crippen LogP contribution in [0.5, 0.6) is 11.5 Å². The minimum absolute atomic E-state index is 0.0245. The molecule has 7 heteroatoms. The molecule has 0 aliphatic rings. The number of ether oxygens (including phenoxy) is 3. The van der Waals surface area contributed by atoms with Crippen LogP contribution in [0.15, 0.2) is 42.5 Å². The Morgan fingerprint density at radius 1 is 1.16 bits per heavy atom. The largest absolute Gasteiger partial charge is 0.496 e. The molecule has 0 saturated heterocycles. The molecular formula is C18H19F2NO4. The van der Waals surface area contributed by atoms with Gasteiger partial charge in [0.15, 0.2) is 0 Å². The number of methoxy groups -OCH3 is 1. The summed E-state index contributed by atoms with van der Waals surface area (Å²) in [7, 11) is 1.55. The van der Waals surface area contributed by atoms with Gasteiger partial charge in [0.1, 0.15) is 11.5 Å². The number of hydrogen-bond donors (Lipinski definition) is 1. The summed E-state index contributed by atoms with van der Waals surface area (Å²) >= 11 is 0. The van der Waals surface area contributed by atoms with E-state index in [-0.39, 0.29) is 11.7 Å². The van der Waals surface area contributed by atoms with Gasteiger partial charge in [-0.2, -0.15) is 8.78 Å². The Labute approximate surface area is 144 Å². The van der Waals surface area contributed by atoms with Crippen molar-refractivity contribution in [3.05, 3.63) is 53.6 Å². The third-order valence-corrected chi connectivity index (χ3v) is 3.34. The van der Waals surface area contributed by atoms with Crippen LogP contribution in [-0.2, 0) is 11.3 Å². The third kappa shape index (κ3) is 5.42. The zero-order valence-corrected chi connectivity index (χ0v) is 13.9. The monoisotopic (exact) mass is 351 g/mol. The second-order valence-corrected chi connectivity index (χ2v) is 5.02. The molecule has 0 saturated carbocycles. The van der Waals surface area contributed by atoms with Crippen molar-refractivity contribution in [3.8, 4) is 11.5 Å². The molecule has 25 heavy (non-hydrogen) atoms. The van der Waals surface area contributed by atoms with E-state index in [0.717, 1.165) is 5.56 Å². The van der Waals surface area contributed by atoms with Crippen molar-refractivity contribution in [1.82, 2.24) is 0 Å². The fraction of sp³-hybridized carbons (Fsp3) is 0.278. The average molecular weight is 351 g/mol. The van der Waals surface area contributed by atoms with Crippen LogP contribution >= 0.6 is 0 Å². The molecule has 0 aliphatic carbocycles. The van der Waals surface area contributed by atoms with Gasteiger partial charge in [0, 0.05) is 23.4 Å². The maximum atomic E-state index is 12.4. The van der Waals surface area contributed by atoms with Gasteiger partial charge in [-0.3, -0.25) is 4.79 Å². The number of rotatable bonds is 8. The molecule has 134 valence electrons. The summed E-state index contributed by atoms with van der Waals surface area (Å²) in [6, 6.07) is 10.7. The maximum Gasteiger partial charge on any atom is 0.387 e. The molecule has 1 N–H and O–H groups in total. The molecule has 0 heterocycles. The molecule has 0 bridgehead atoms. The Kier molecular flexibility index (Phi) is 6.71. The van der Waals surface area contributed by atoms with Crippen molar-refractivity contribution in [2.45, 2.75) is 20.1 Å². The zero-order valence-electron chi connectivity index (χ0n) is 13.9. The van der Waals surface area contributed by atoms with Gasteiger partial charge in [0.2, 0.25) is 0 Å². The first-order chi connectivity index (χ1) is 12.0. The third-order valence-electron chi connectivity index (χ3n) is 3.34. The van der Waals surface area contributed by atoms with E-state index in [1.54, 1.807) is 25.3 Å². The molecule has 1 amide bonds. The Bertz CT molecular complexity index is 705. The minimum atomic E-state index is -2.89. The minimum Gasteiger partial charge on any atom is -0.496 e. The van der Waals surface area contributed by atoms with Crippen molar-refractivity contribution >= 4 is 11.6 Å². The number of alkyl halides is 2. The van der Waals surface area contributed by atoms with Gasteiger partial charge in [-0.25, -0.2) is 0 Å². The molecule has 2 rings (SSSR count). The second-order valence-electron chi connectivity index (χ2n) is 5.02. The van der Waals surface area contributed by atoms with E-state index in [0.29, 0.717) is 30.2 Å². The van der Waals surface area contributed by atoms with Crippen LogP contribution in [0.25, 0.3) is 0 Å². The Morgan fingerprint density at radius 2 is 1.88 bits per heavy atom. The van der Waals surface area contributed by atoms with E-state index < -0.39 is 6.61 Å². The number of nitrogens with one attached hydrogen (secondary N) is 1. The summed E-state index contributed by atoms with van der Waals surface area (Å²) in [5.74, 6) is 0.331. The first kappa shape index (κ1) is 18.7. The van der Waals surface area contributed by atoms with Crippen molar-refractivity contribution < 1.29 is 27.8 Å². The smallest absolute Gasteiger partial charge is 0.387 e. The fourth-order valence-corrected chi connectivity index (χ4v) is 2.17. The van der Waals surface area contributed by atoms with Crippen LogP contribution in [0, 0.1) is 0 Å². The van der Waals surface area contributed by atoms with Gasteiger partial charge in [-0.15, -0.1) is 0 Å². The van der Waals surface area contributed by atoms with Gasteiger partial charge in [0.25, 0.3) is 5.91 Å². The Hall–Kier alpha value is -2.67. The standard InChI is InChI=1S/C18H19F2NO4/c1-3-24-11-13-10-12(4-9-16(13)23-2)17(22)21-14-5-7-15(8-6-14)25-18(19)20/h4-10,18H,3,11H2,1-2H3,(H,21,22). The number of carbonyl (C=O) groups excluding carboxylic acids is 1. The van der Waals surface area contributed by atoms with E-state index in [1.807, 2.05) is 6.92 Å². The van der Waals surface area contributed by atoms with Gasteiger partial charge in [-0.1, -0.05) is 0 Å². The highest BCUT2D eigenvalue weighted by molar-refractivity contribution is 6.04. The molecule has 0 spiro atoms. The summed E-state index contributed by atoms with van der Waals surface area (Å²) in [4.78, 5) is 12.4. The molecule has 0 aliphatic heterocycles. The highest BCUT2D eigenvalue weighted by atomic mass is 19.3. The average Bonchev–Trinajstić information content (AvgIpc) is 2.60. The first-order valence-electron chi connectivity index (χ1n) is 7.64. The van der Waals surface area contributed by atoms with Gasteiger partial charge < -0.3 is 19.5 Å². The zero-order chi connectivity index (χ0) is 18.2. The molecule has 0 unspecified atom stereocenters. The quantitative estimate of drug-likeness (QED) is 0.778. The van der Waals surface area contributed by atoms with Gasteiger partial charge >= 0.3 is 6.61 Å². The summed E-state index contributed by atoms with van der Waals surface area (Å²) in [6.45, 7) is -0.124. The van der Waals surface area contributed by atoms with Crippen LogP contribution in [-0.4, -0.2) is 26.2 Å². The predicted octanol–water partition coefficient (Wildman–Crippen LogP) is 4.09. The fourth-order valence-electron chi connectivity index (χ4n) is 2.17. The van der Waals surface area contributed by atoms with E-state index in [4.69, 9.17) is 9.47 Å². The van der Waals surface area contributed by atoms with Crippen LogP contribution < -0.4 is 14.8 Å². The summed E-state index contributed by atoms with van der Waals surface area (Å²) in [5, 5.41) is 2.70.